The van der Waals surface area contributed by atoms with Gasteiger partial charge in [-0.2, -0.15) is 13.2 Å². The van der Waals surface area contributed by atoms with Crippen LogP contribution in [0.1, 0.15) is 17.3 Å². The Hall–Kier alpha value is -1.40. The summed E-state index contributed by atoms with van der Waals surface area (Å²) in [7, 11) is 1.46. The third-order valence-electron chi connectivity index (χ3n) is 2.76. The Bertz CT molecular complexity index is 496. The second-order valence-electron chi connectivity index (χ2n) is 4.25. The number of rotatable bonds is 4. The van der Waals surface area contributed by atoms with Crippen LogP contribution in [0.25, 0.3) is 0 Å². The summed E-state index contributed by atoms with van der Waals surface area (Å²) in [6.45, 7) is 0.169. The van der Waals surface area contributed by atoms with Crippen LogP contribution in [0.3, 0.4) is 0 Å². The van der Waals surface area contributed by atoms with Crippen LogP contribution in [-0.4, -0.2) is 23.1 Å². The maximum Gasteiger partial charge on any atom is 0.408 e. The minimum Gasteiger partial charge on any atom is -0.286 e. The number of benzene rings is 1. The molecule has 6 heteroatoms. The van der Waals surface area contributed by atoms with E-state index in [2.05, 4.69) is 4.98 Å². The lowest BCUT2D eigenvalue weighted by Crippen LogP contribution is -2.35. The van der Waals surface area contributed by atoms with Crippen LogP contribution in [-0.2, 0) is 6.54 Å². The molecular weight excluding hydrogens is 273 g/mol. The van der Waals surface area contributed by atoms with Crippen LogP contribution < -0.4 is 0 Å². The van der Waals surface area contributed by atoms with Crippen molar-refractivity contribution >= 4 is 11.3 Å². The van der Waals surface area contributed by atoms with Crippen LogP contribution >= 0.6 is 11.3 Å². The van der Waals surface area contributed by atoms with Crippen LogP contribution in [0.4, 0.5) is 13.2 Å². The third kappa shape index (κ3) is 3.54. The van der Waals surface area contributed by atoms with E-state index in [-0.39, 0.29) is 12.1 Å². The first kappa shape index (κ1) is 14.0. The minimum atomic E-state index is -4.31. The molecule has 1 aromatic heterocycles. The van der Waals surface area contributed by atoms with Gasteiger partial charge in [-0.15, -0.1) is 11.3 Å². The Morgan fingerprint density at radius 3 is 2.47 bits per heavy atom. The lowest BCUT2D eigenvalue weighted by atomic mass is 10.1. The van der Waals surface area contributed by atoms with Crippen LogP contribution in [0.5, 0.6) is 0 Å². The van der Waals surface area contributed by atoms with Crippen molar-refractivity contribution in [3.05, 3.63) is 52.5 Å². The molecule has 2 aromatic rings. The number of halogens is 3. The molecule has 0 N–H and O–H groups in total. The smallest absolute Gasteiger partial charge is 0.286 e. The summed E-state index contributed by atoms with van der Waals surface area (Å²) in [6, 6.07) is 6.31. The molecule has 2 rings (SSSR count). The predicted octanol–water partition coefficient (Wildman–Crippen LogP) is 3.88. The second-order valence-corrected chi connectivity index (χ2v) is 4.97. The largest absolute Gasteiger partial charge is 0.408 e. The van der Waals surface area contributed by atoms with Crippen molar-refractivity contribution in [1.82, 2.24) is 9.88 Å². The molecule has 0 bridgehead atoms. The maximum absolute atomic E-state index is 13.2. The van der Waals surface area contributed by atoms with Crippen molar-refractivity contribution in [2.75, 3.05) is 7.05 Å². The molecule has 0 aliphatic carbocycles. The molecule has 102 valence electrons. The van der Waals surface area contributed by atoms with E-state index in [0.29, 0.717) is 5.69 Å². The molecular formula is C13H13F3N2S. The molecule has 0 radical (unpaired) electrons. The van der Waals surface area contributed by atoms with Crippen LogP contribution in [0.15, 0.2) is 41.2 Å². The lowest BCUT2D eigenvalue weighted by Gasteiger charge is -2.29. The minimum absolute atomic E-state index is 0.169. The molecule has 1 unspecified atom stereocenters. The Kier molecular flexibility index (Phi) is 4.21. The number of hydrogen-bond donors (Lipinski definition) is 0. The highest BCUT2D eigenvalue weighted by atomic mass is 32.1. The fourth-order valence-corrected chi connectivity index (χ4v) is 2.54. The van der Waals surface area contributed by atoms with E-state index in [1.807, 2.05) is 0 Å². The molecule has 0 fully saturated rings. The van der Waals surface area contributed by atoms with Crippen molar-refractivity contribution in [2.45, 2.75) is 18.8 Å². The monoisotopic (exact) mass is 286 g/mol. The molecule has 0 aliphatic heterocycles. The SMILES string of the molecule is CN(Cc1cscn1)C(c1ccccc1)C(F)(F)F. The van der Waals surface area contributed by atoms with E-state index in [9.17, 15) is 13.2 Å². The second kappa shape index (κ2) is 5.71. The highest BCUT2D eigenvalue weighted by molar-refractivity contribution is 7.07. The van der Waals surface area contributed by atoms with Gasteiger partial charge in [-0.3, -0.25) is 4.90 Å². The predicted molar refractivity (Wildman–Crippen MR) is 68.8 cm³/mol. The van der Waals surface area contributed by atoms with Gasteiger partial charge in [0.15, 0.2) is 0 Å². The van der Waals surface area contributed by atoms with Gasteiger partial charge in [0.05, 0.1) is 11.2 Å². The molecule has 2 nitrogen and oxygen atoms in total. The fourth-order valence-electron chi connectivity index (χ4n) is 1.99. The van der Waals surface area contributed by atoms with Crippen molar-refractivity contribution in [1.29, 1.82) is 0 Å². The van der Waals surface area contributed by atoms with Gasteiger partial charge in [0, 0.05) is 11.9 Å². The van der Waals surface area contributed by atoms with Gasteiger partial charge < -0.3 is 0 Å². The topological polar surface area (TPSA) is 16.1 Å². The summed E-state index contributed by atoms with van der Waals surface area (Å²) < 4.78 is 39.7. The zero-order chi connectivity index (χ0) is 13.9. The van der Waals surface area contributed by atoms with Gasteiger partial charge in [0.2, 0.25) is 0 Å². The number of hydrogen-bond acceptors (Lipinski definition) is 3. The molecule has 0 aliphatic rings. The molecule has 0 saturated carbocycles. The van der Waals surface area contributed by atoms with Gasteiger partial charge >= 0.3 is 6.18 Å². The molecule has 1 atom stereocenters. The number of aromatic nitrogens is 1. The standard InChI is InChI=1S/C13H13F3N2S/c1-18(7-11-8-19-9-17-11)12(13(14,15)16)10-5-3-2-4-6-10/h2-6,8-9,12H,7H2,1H3. The van der Waals surface area contributed by atoms with Crippen molar-refractivity contribution in [3.8, 4) is 0 Å². The molecule has 0 saturated heterocycles. The van der Waals surface area contributed by atoms with Crippen molar-refractivity contribution < 1.29 is 13.2 Å². The highest BCUT2D eigenvalue weighted by Crippen LogP contribution is 2.37. The van der Waals surface area contributed by atoms with Crippen LogP contribution in [0, 0.1) is 0 Å². The zero-order valence-electron chi connectivity index (χ0n) is 10.3. The average Bonchev–Trinajstić information content (AvgIpc) is 2.81. The first-order valence-corrected chi connectivity index (χ1v) is 6.61. The summed E-state index contributed by atoms with van der Waals surface area (Å²) in [6.07, 6.45) is -4.31. The molecule has 0 amide bonds. The third-order valence-corrected chi connectivity index (χ3v) is 3.40. The van der Waals surface area contributed by atoms with E-state index < -0.39 is 12.2 Å². The first-order valence-electron chi connectivity index (χ1n) is 5.67. The molecule has 0 spiro atoms. The van der Waals surface area contributed by atoms with E-state index in [0.717, 1.165) is 0 Å². The lowest BCUT2D eigenvalue weighted by molar-refractivity contribution is -0.184. The summed E-state index contributed by atoms with van der Waals surface area (Å²) in [5, 5.41) is 1.76. The Morgan fingerprint density at radius 2 is 1.95 bits per heavy atom. The normalized spacial score (nSPS) is 13.7. The fraction of sp³-hybridized carbons (Fsp3) is 0.308. The van der Waals surface area contributed by atoms with Crippen molar-refractivity contribution in [3.63, 3.8) is 0 Å². The quantitative estimate of drug-likeness (QED) is 0.848. The van der Waals surface area contributed by atoms with Crippen molar-refractivity contribution in [2.24, 2.45) is 0 Å². The first-order chi connectivity index (χ1) is 8.98. The summed E-state index contributed by atoms with van der Waals surface area (Å²) in [5.41, 5.74) is 2.51. The van der Waals surface area contributed by atoms with Gasteiger partial charge in [0.1, 0.15) is 6.04 Å². The zero-order valence-corrected chi connectivity index (χ0v) is 11.1. The van der Waals surface area contributed by atoms with Gasteiger partial charge in [0.25, 0.3) is 0 Å². The molecule has 1 aromatic carbocycles. The summed E-state index contributed by atoms with van der Waals surface area (Å²) in [4.78, 5) is 5.29. The van der Waals surface area contributed by atoms with E-state index >= 15 is 0 Å². The van der Waals surface area contributed by atoms with Gasteiger partial charge in [-0.05, 0) is 12.6 Å². The Balaban J connectivity index is 2.23. The average molecular weight is 286 g/mol. The van der Waals surface area contributed by atoms with Gasteiger partial charge in [-0.1, -0.05) is 30.3 Å². The van der Waals surface area contributed by atoms with E-state index in [4.69, 9.17) is 0 Å². The number of thiazole rings is 1. The molecule has 1 heterocycles. The highest BCUT2D eigenvalue weighted by Gasteiger charge is 2.43. The Morgan fingerprint density at radius 1 is 1.26 bits per heavy atom. The number of alkyl halides is 3. The summed E-state index contributed by atoms with van der Waals surface area (Å²) in [5.74, 6) is 0. The molecule has 19 heavy (non-hydrogen) atoms. The Labute approximate surface area is 113 Å². The maximum atomic E-state index is 13.2. The van der Waals surface area contributed by atoms with E-state index in [1.54, 1.807) is 29.1 Å². The van der Waals surface area contributed by atoms with Gasteiger partial charge in [-0.25, -0.2) is 4.98 Å². The van der Waals surface area contributed by atoms with Crippen LogP contribution in [0.2, 0.25) is 0 Å². The van der Waals surface area contributed by atoms with E-state index in [1.165, 1.54) is 35.4 Å². The number of nitrogens with zero attached hydrogens (tertiary/aromatic N) is 2. The summed E-state index contributed by atoms with van der Waals surface area (Å²) >= 11 is 1.38.